The normalized spacial score (nSPS) is 9.92. The predicted molar refractivity (Wildman–Crippen MR) is 94.1 cm³/mol. The number of urea groups is 1. The van der Waals surface area contributed by atoms with Gasteiger partial charge in [0.2, 0.25) is 0 Å². The van der Waals surface area contributed by atoms with Gasteiger partial charge in [-0.15, -0.1) is 0 Å². The molecule has 0 radical (unpaired) electrons. The summed E-state index contributed by atoms with van der Waals surface area (Å²) in [6.07, 6.45) is -0.505. The maximum atomic E-state index is 11.9. The first kappa shape index (κ1) is 17.3. The smallest absolute Gasteiger partial charge is 0.411 e. The van der Waals surface area contributed by atoms with E-state index in [1.165, 1.54) is 0 Å². The van der Waals surface area contributed by atoms with Crippen LogP contribution in [0.5, 0.6) is 0 Å². The van der Waals surface area contributed by atoms with Crippen LogP contribution >= 0.6 is 0 Å². The molecular formula is C18H21N3O3. The highest BCUT2D eigenvalue weighted by molar-refractivity contribution is 5.90. The van der Waals surface area contributed by atoms with E-state index in [0.29, 0.717) is 24.5 Å². The van der Waals surface area contributed by atoms with Gasteiger partial charge < -0.3 is 15.4 Å². The molecule has 3 N–H and O–H groups in total. The zero-order chi connectivity index (χ0) is 17.4. The predicted octanol–water partition coefficient (Wildman–Crippen LogP) is 3.89. The average Bonchev–Trinajstić information content (AvgIpc) is 2.56. The fourth-order valence-electron chi connectivity index (χ4n) is 2.08. The number of anilines is 2. The summed E-state index contributed by atoms with van der Waals surface area (Å²) >= 11 is 0. The van der Waals surface area contributed by atoms with E-state index in [4.69, 9.17) is 4.74 Å². The zero-order valence-corrected chi connectivity index (χ0v) is 13.8. The third kappa shape index (κ3) is 5.31. The lowest BCUT2D eigenvalue weighted by Gasteiger charge is -2.10. The summed E-state index contributed by atoms with van der Waals surface area (Å²) in [5, 5.41) is 8.14. The summed E-state index contributed by atoms with van der Waals surface area (Å²) < 4.78 is 4.79. The van der Waals surface area contributed by atoms with Gasteiger partial charge in [0.1, 0.15) is 0 Å². The van der Waals surface area contributed by atoms with Crippen molar-refractivity contribution in [2.75, 3.05) is 17.2 Å². The molecule has 0 heterocycles. The van der Waals surface area contributed by atoms with E-state index in [9.17, 15) is 9.59 Å². The summed E-state index contributed by atoms with van der Waals surface area (Å²) in [6, 6.07) is 14.4. The molecular weight excluding hydrogens is 306 g/mol. The molecule has 24 heavy (non-hydrogen) atoms. The van der Waals surface area contributed by atoms with Gasteiger partial charge in [0.15, 0.2) is 0 Å². The molecule has 0 bridgehead atoms. The maximum absolute atomic E-state index is 11.9. The van der Waals surface area contributed by atoms with E-state index >= 15 is 0 Å². The van der Waals surface area contributed by atoms with Crippen molar-refractivity contribution in [3.05, 3.63) is 59.7 Å². The molecule has 0 spiro atoms. The number of benzene rings is 2. The number of ether oxygens (including phenoxy) is 1. The molecule has 0 aliphatic rings. The fourth-order valence-corrected chi connectivity index (χ4v) is 2.08. The number of hydrogen-bond acceptors (Lipinski definition) is 3. The number of hydrogen-bond donors (Lipinski definition) is 3. The lowest BCUT2D eigenvalue weighted by molar-refractivity contribution is 0.168. The summed E-state index contributed by atoms with van der Waals surface area (Å²) in [4.78, 5) is 23.2. The van der Waals surface area contributed by atoms with Crippen molar-refractivity contribution in [3.63, 3.8) is 0 Å². The largest absolute Gasteiger partial charge is 0.450 e. The van der Waals surface area contributed by atoms with E-state index in [2.05, 4.69) is 16.0 Å². The van der Waals surface area contributed by atoms with Crippen LogP contribution in [0.3, 0.4) is 0 Å². The molecule has 0 atom stereocenters. The van der Waals surface area contributed by atoms with Crippen molar-refractivity contribution in [3.8, 4) is 0 Å². The Balaban J connectivity index is 1.83. The summed E-state index contributed by atoms with van der Waals surface area (Å²) in [5.41, 5.74) is 3.43. The monoisotopic (exact) mass is 327 g/mol. The lowest BCUT2D eigenvalue weighted by atomic mass is 10.1. The standard InChI is InChI=1S/C18H21N3O3/c1-3-24-18(23)21-16-10-8-15(9-11-16)20-17(22)19-12-14-7-5-4-6-13(14)2/h4-11H,3,12H2,1-2H3,(H,21,23)(H2,19,20,22). The first-order valence-electron chi connectivity index (χ1n) is 7.71. The molecule has 2 aromatic carbocycles. The number of carbonyl (C=O) groups excluding carboxylic acids is 2. The summed E-state index contributed by atoms with van der Waals surface area (Å²) in [7, 11) is 0. The second-order valence-electron chi connectivity index (χ2n) is 5.16. The SMILES string of the molecule is CCOC(=O)Nc1ccc(NC(=O)NCc2ccccc2C)cc1. The van der Waals surface area contributed by atoms with E-state index < -0.39 is 6.09 Å². The molecule has 0 aliphatic heterocycles. The summed E-state index contributed by atoms with van der Waals surface area (Å²) in [5.74, 6) is 0. The van der Waals surface area contributed by atoms with Crippen molar-refractivity contribution >= 4 is 23.5 Å². The Hall–Kier alpha value is -3.02. The minimum atomic E-state index is -0.505. The number of carbonyl (C=O) groups is 2. The lowest BCUT2D eigenvalue weighted by Crippen LogP contribution is -2.28. The third-order valence-electron chi connectivity index (χ3n) is 3.37. The Morgan fingerprint density at radius 2 is 1.58 bits per heavy atom. The highest BCUT2D eigenvalue weighted by Crippen LogP contribution is 2.14. The number of amides is 3. The van der Waals surface area contributed by atoms with E-state index in [-0.39, 0.29) is 6.03 Å². The van der Waals surface area contributed by atoms with Crippen LogP contribution in [-0.2, 0) is 11.3 Å². The molecule has 0 aliphatic carbocycles. The van der Waals surface area contributed by atoms with Crippen LogP contribution in [0.4, 0.5) is 21.0 Å². The third-order valence-corrected chi connectivity index (χ3v) is 3.37. The van der Waals surface area contributed by atoms with Crippen molar-refractivity contribution in [1.29, 1.82) is 0 Å². The van der Waals surface area contributed by atoms with Crippen molar-refractivity contribution in [2.45, 2.75) is 20.4 Å². The number of nitrogens with one attached hydrogen (secondary N) is 3. The van der Waals surface area contributed by atoms with E-state index in [1.807, 2.05) is 31.2 Å². The topological polar surface area (TPSA) is 79.5 Å². The Labute approximate surface area is 141 Å². The second kappa shape index (κ2) is 8.57. The van der Waals surface area contributed by atoms with Crippen molar-refractivity contribution in [2.24, 2.45) is 0 Å². The van der Waals surface area contributed by atoms with Gasteiger partial charge in [-0.25, -0.2) is 9.59 Å². The van der Waals surface area contributed by atoms with E-state index in [0.717, 1.165) is 11.1 Å². The Morgan fingerprint density at radius 1 is 0.958 bits per heavy atom. The highest BCUT2D eigenvalue weighted by atomic mass is 16.5. The van der Waals surface area contributed by atoms with Gasteiger partial charge in [0.25, 0.3) is 0 Å². The Bertz CT molecular complexity index is 699. The average molecular weight is 327 g/mol. The molecule has 6 nitrogen and oxygen atoms in total. The second-order valence-corrected chi connectivity index (χ2v) is 5.16. The van der Waals surface area contributed by atoms with Gasteiger partial charge in [0, 0.05) is 17.9 Å². The first-order chi connectivity index (χ1) is 11.6. The first-order valence-corrected chi connectivity index (χ1v) is 7.71. The molecule has 3 amide bonds. The molecule has 0 saturated heterocycles. The maximum Gasteiger partial charge on any atom is 0.411 e. The molecule has 126 valence electrons. The summed E-state index contributed by atoms with van der Waals surface area (Å²) in [6.45, 7) is 4.51. The molecule has 0 fully saturated rings. The Kier molecular flexibility index (Phi) is 6.19. The van der Waals surface area contributed by atoms with Crippen molar-refractivity contribution < 1.29 is 14.3 Å². The van der Waals surface area contributed by atoms with Crippen LogP contribution in [-0.4, -0.2) is 18.7 Å². The van der Waals surface area contributed by atoms with Gasteiger partial charge in [-0.1, -0.05) is 24.3 Å². The minimum Gasteiger partial charge on any atom is -0.450 e. The molecule has 0 saturated carbocycles. The number of rotatable bonds is 5. The van der Waals surface area contributed by atoms with Crippen LogP contribution in [0, 0.1) is 6.92 Å². The molecule has 6 heteroatoms. The molecule has 0 aromatic heterocycles. The quantitative estimate of drug-likeness (QED) is 0.779. The van der Waals surface area contributed by atoms with Gasteiger partial charge in [0.05, 0.1) is 6.61 Å². The van der Waals surface area contributed by atoms with E-state index in [1.54, 1.807) is 31.2 Å². The Morgan fingerprint density at radius 3 is 2.21 bits per heavy atom. The number of aryl methyl sites for hydroxylation is 1. The van der Waals surface area contributed by atoms with Crippen LogP contribution in [0.25, 0.3) is 0 Å². The van der Waals surface area contributed by atoms with Crippen molar-refractivity contribution in [1.82, 2.24) is 5.32 Å². The van der Waals surface area contributed by atoms with Gasteiger partial charge >= 0.3 is 12.1 Å². The van der Waals surface area contributed by atoms with Gasteiger partial charge in [-0.3, -0.25) is 5.32 Å². The van der Waals surface area contributed by atoms with Crippen LogP contribution in [0.1, 0.15) is 18.1 Å². The van der Waals surface area contributed by atoms with Crippen LogP contribution < -0.4 is 16.0 Å². The zero-order valence-electron chi connectivity index (χ0n) is 13.8. The van der Waals surface area contributed by atoms with Crippen LogP contribution in [0.2, 0.25) is 0 Å². The van der Waals surface area contributed by atoms with Crippen LogP contribution in [0.15, 0.2) is 48.5 Å². The highest BCUT2D eigenvalue weighted by Gasteiger charge is 2.05. The fraction of sp³-hybridized carbons (Fsp3) is 0.222. The minimum absolute atomic E-state index is 0.288. The van der Waals surface area contributed by atoms with Gasteiger partial charge in [-0.05, 0) is 49.2 Å². The molecule has 0 unspecified atom stereocenters. The van der Waals surface area contributed by atoms with Gasteiger partial charge in [-0.2, -0.15) is 0 Å². The molecule has 2 rings (SSSR count). The molecule has 2 aromatic rings.